The Morgan fingerprint density at radius 3 is 3.07 bits per heavy atom. The highest BCUT2D eigenvalue weighted by Gasteiger charge is 2.15. The number of hydrogen-bond donors (Lipinski definition) is 2. The van der Waals surface area contributed by atoms with Crippen LogP contribution in [0, 0.1) is 0 Å². The lowest BCUT2D eigenvalue weighted by molar-refractivity contribution is 0.260. The third kappa shape index (κ3) is 1.74. The van der Waals surface area contributed by atoms with Gasteiger partial charge in [-0.15, -0.1) is 0 Å². The van der Waals surface area contributed by atoms with E-state index in [1.807, 2.05) is 0 Å². The van der Waals surface area contributed by atoms with Gasteiger partial charge in [-0.2, -0.15) is 10.1 Å². The maximum absolute atomic E-state index is 8.82. The van der Waals surface area contributed by atoms with Crippen molar-refractivity contribution in [3.8, 4) is 11.6 Å². The summed E-state index contributed by atoms with van der Waals surface area (Å²) < 4.78 is 6.61. The van der Waals surface area contributed by atoms with E-state index in [2.05, 4.69) is 15.2 Å². The second-order valence-electron chi connectivity index (χ2n) is 3.09. The van der Waals surface area contributed by atoms with Gasteiger partial charge >= 0.3 is 0 Å². The predicted molar refractivity (Wildman–Crippen MR) is 50.5 cm³/mol. The Morgan fingerprint density at radius 2 is 2.47 bits per heavy atom. The van der Waals surface area contributed by atoms with E-state index in [4.69, 9.17) is 15.4 Å². The van der Waals surface area contributed by atoms with Gasteiger partial charge in [0, 0.05) is 13.2 Å². The van der Waals surface area contributed by atoms with E-state index in [-0.39, 0.29) is 12.4 Å². The molecule has 0 saturated heterocycles. The van der Waals surface area contributed by atoms with Gasteiger partial charge in [-0.1, -0.05) is 5.16 Å². The van der Waals surface area contributed by atoms with Crippen molar-refractivity contribution in [2.45, 2.75) is 6.04 Å². The number of aromatic nitrogens is 4. The molecule has 0 amide bonds. The van der Waals surface area contributed by atoms with Crippen LogP contribution >= 0.6 is 0 Å². The number of nitrogens with two attached hydrogens (primary N) is 1. The van der Waals surface area contributed by atoms with Gasteiger partial charge in [0.1, 0.15) is 5.69 Å². The van der Waals surface area contributed by atoms with Gasteiger partial charge in [-0.25, -0.2) is 0 Å². The smallest absolute Gasteiger partial charge is 0.276 e. The number of hydrogen-bond acceptors (Lipinski definition) is 6. The Bertz CT molecular complexity index is 449. The molecule has 0 aromatic carbocycles. The monoisotopic (exact) mass is 209 g/mol. The highest BCUT2D eigenvalue weighted by molar-refractivity contribution is 5.45. The molecule has 0 spiro atoms. The Labute approximate surface area is 85.5 Å². The molecule has 7 heteroatoms. The van der Waals surface area contributed by atoms with Gasteiger partial charge in [0.25, 0.3) is 5.89 Å². The molecule has 0 aliphatic carbocycles. The van der Waals surface area contributed by atoms with Crippen LogP contribution in [0.25, 0.3) is 11.6 Å². The molecule has 2 aromatic rings. The molecule has 7 nitrogen and oxygen atoms in total. The predicted octanol–water partition coefficient (Wildman–Crippen LogP) is -0.538. The lowest BCUT2D eigenvalue weighted by atomic mass is 10.3. The minimum Gasteiger partial charge on any atom is -0.394 e. The summed E-state index contributed by atoms with van der Waals surface area (Å²) in [5, 5.41) is 16.5. The molecular weight excluding hydrogens is 198 g/mol. The van der Waals surface area contributed by atoms with Crippen molar-refractivity contribution in [2.24, 2.45) is 12.8 Å². The van der Waals surface area contributed by atoms with Crippen LogP contribution in [-0.2, 0) is 7.05 Å². The summed E-state index contributed by atoms with van der Waals surface area (Å²) in [5.41, 5.74) is 6.25. The fourth-order valence-corrected chi connectivity index (χ4v) is 1.15. The van der Waals surface area contributed by atoms with E-state index in [9.17, 15) is 0 Å². The number of nitrogens with zero attached hydrogens (tertiary/aromatic N) is 4. The topological polar surface area (TPSA) is 103 Å². The summed E-state index contributed by atoms with van der Waals surface area (Å²) in [6.07, 6.45) is 1.63. The van der Waals surface area contributed by atoms with E-state index in [1.54, 1.807) is 24.0 Å². The zero-order chi connectivity index (χ0) is 10.8. The zero-order valence-electron chi connectivity index (χ0n) is 8.16. The fraction of sp³-hybridized carbons (Fsp3) is 0.375. The van der Waals surface area contributed by atoms with Gasteiger partial charge in [-0.05, 0) is 6.07 Å². The fourth-order valence-electron chi connectivity index (χ4n) is 1.15. The Morgan fingerprint density at radius 1 is 1.67 bits per heavy atom. The van der Waals surface area contributed by atoms with E-state index in [0.717, 1.165) is 0 Å². The molecule has 0 aliphatic heterocycles. The van der Waals surface area contributed by atoms with E-state index in [1.165, 1.54) is 0 Å². The number of rotatable bonds is 3. The van der Waals surface area contributed by atoms with Crippen molar-refractivity contribution in [1.82, 2.24) is 19.9 Å². The number of aryl methyl sites for hydroxylation is 1. The van der Waals surface area contributed by atoms with Crippen LogP contribution < -0.4 is 5.73 Å². The van der Waals surface area contributed by atoms with Gasteiger partial charge in [0.05, 0.1) is 12.6 Å². The largest absolute Gasteiger partial charge is 0.394 e. The summed E-state index contributed by atoms with van der Waals surface area (Å²) in [7, 11) is 1.77. The lowest BCUT2D eigenvalue weighted by Gasteiger charge is -1.98. The van der Waals surface area contributed by atoms with Crippen LogP contribution in [0.4, 0.5) is 0 Å². The number of aliphatic hydroxyl groups excluding tert-OH is 1. The molecule has 0 saturated carbocycles. The molecule has 2 heterocycles. The van der Waals surface area contributed by atoms with Crippen LogP contribution in [-0.4, -0.2) is 31.6 Å². The first-order chi connectivity index (χ1) is 7.22. The van der Waals surface area contributed by atoms with Crippen molar-refractivity contribution in [3.63, 3.8) is 0 Å². The van der Waals surface area contributed by atoms with Gasteiger partial charge in [0.15, 0.2) is 5.82 Å². The van der Waals surface area contributed by atoms with Crippen molar-refractivity contribution < 1.29 is 9.63 Å². The van der Waals surface area contributed by atoms with E-state index >= 15 is 0 Å². The maximum atomic E-state index is 8.82. The summed E-state index contributed by atoms with van der Waals surface area (Å²) in [4.78, 5) is 4.06. The van der Waals surface area contributed by atoms with Gasteiger partial charge in [0.2, 0.25) is 0 Å². The summed E-state index contributed by atoms with van der Waals surface area (Å²) in [5.74, 6) is 0.627. The molecule has 0 aliphatic rings. The Kier molecular flexibility index (Phi) is 2.48. The average molecular weight is 209 g/mol. The van der Waals surface area contributed by atoms with E-state index < -0.39 is 6.04 Å². The molecule has 0 bridgehead atoms. The molecular formula is C8H11N5O2. The summed E-state index contributed by atoms with van der Waals surface area (Å²) in [6.45, 7) is -0.218. The first-order valence-electron chi connectivity index (χ1n) is 4.41. The van der Waals surface area contributed by atoms with Gasteiger partial charge in [-0.3, -0.25) is 4.68 Å². The molecule has 1 atom stereocenters. The van der Waals surface area contributed by atoms with Crippen molar-refractivity contribution in [1.29, 1.82) is 0 Å². The molecule has 0 radical (unpaired) electrons. The van der Waals surface area contributed by atoms with Crippen LogP contribution in [0.2, 0.25) is 0 Å². The first kappa shape index (κ1) is 9.81. The lowest BCUT2D eigenvalue weighted by Crippen LogP contribution is -2.15. The van der Waals surface area contributed by atoms with Crippen LogP contribution in [0.1, 0.15) is 11.9 Å². The highest BCUT2D eigenvalue weighted by Crippen LogP contribution is 2.17. The normalized spacial score (nSPS) is 13.0. The second-order valence-corrected chi connectivity index (χ2v) is 3.09. The quantitative estimate of drug-likeness (QED) is 0.703. The summed E-state index contributed by atoms with van der Waals surface area (Å²) in [6, 6.07) is 1.14. The Balaban J connectivity index is 2.32. The highest BCUT2D eigenvalue weighted by atomic mass is 16.5. The molecule has 2 rings (SSSR count). The molecule has 1 unspecified atom stereocenters. The Hall–Kier alpha value is -1.73. The van der Waals surface area contributed by atoms with Crippen molar-refractivity contribution in [2.75, 3.05) is 6.61 Å². The van der Waals surface area contributed by atoms with Crippen molar-refractivity contribution in [3.05, 3.63) is 18.1 Å². The van der Waals surface area contributed by atoms with Crippen molar-refractivity contribution >= 4 is 0 Å². The average Bonchev–Trinajstić information content (AvgIpc) is 2.84. The SMILES string of the molecule is Cn1nccc1-c1nc(C(N)CO)no1. The third-order valence-corrected chi connectivity index (χ3v) is 2.01. The maximum Gasteiger partial charge on any atom is 0.276 e. The van der Waals surface area contributed by atoms with Crippen LogP contribution in [0.15, 0.2) is 16.8 Å². The second kappa shape index (κ2) is 3.79. The molecule has 0 fully saturated rings. The third-order valence-electron chi connectivity index (χ3n) is 2.01. The number of aliphatic hydroxyl groups is 1. The molecule has 2 aromatic heterocycles. The van der Waals surface area contributed by atoms with Crippen LogP contribution in [0.5, 0.6) is 0 Å². The van der Waals surface area contributed by atoms with E-state index in [0.29, 0.717) is 11.6 Å². The minimum absolute atomic E-state index is 0.218. The standard InChI is InChI=1S/C8H11N5O2/c1-13-6(2-3-10-13)8-11-7(12-15-8)5(9)4-14/h2-3,5,14H,4,9H2,1H3. The molecule has 80 valence electrons. The zero-order valence-corrected chi connectivity index (χ0v) is 8.16. The first-order valence-corrected chi connectivity index (χ1v) is 4.41. The molecule has 15 heavy (non-hydrogen) atoms. The van der Waals surface area contributed by atoms with Crippen LogP contribution in [0.3, 0.4) is 0 Å². The minimum atomic E-state index is -0.615. The molecule has 3 N–H and O–H groups in total. The summed E-state index contributed by atoms with van der Waals surface area (Å²) >= 11 is 0. The van der Waals surface area contributed by atoms with Gasteiger partial charge < -0.3 is 15.4 Å².